The zero-order valence-corrected chi connectivity index (χ0v) is 16.0. The van der Waals surface area contributed by atoms with Crippen molar-refractivity contribution >= 4 is 39.2 Å². The van der Waals surface area contributed by atoms with Gasteiger partial charge in [0.05, 0.1) is 23.9 Å². The van der Waals surface area contributed by atoms with E-state index in [1.807, 2.05) is 66.7 Å². The maximum atomic E-state index is 13.4. The molecule has 1 amide bonds. The van der Waals surface area contributed by atoms with Crippen LogP contribution in [0.15, 0.2) is 72.9 Å². The van der Waals surface area contributed by atoms with Crippen LogP contribution in [-0.2, 0) is 16.0 Å². The van der Waals surface area contributed by atoms with Gasteiger partial charge in [-0.25, -0.2) is 0 Å². The molecule has 0 fully saturated rings. The zero-order chi connectivity index (χ0) is 20.2. The van der Waals surface area contributed by atoms with Gasteiger partial charge in [0.25, 0.3) is 5.91 Å². The predicted molar refractivity (Wildman–Crippen MR) is 114 cm³/mol. The number of nitrogens with one attached hydrogen (secondary N) is 1. The standard InChI is InChI=1S/C24H20N2O3/c1-29-21(27)14-13-17-12-11-16-6-2-3-9-19(16)22(17)24(28)26-20-10-4-7-18-8-5-15-25-23(18)20/h2-12,15H,13-14H2,1H3,(H,26,28). The Morgan fingerprint density at radius 3 is 2.59 bits per heavy atom. The minimum atomic E-state index is -0.303. The van der Waals surface area contributed by atoms with Crippen molar-refractivity contribution in [2.45, 2.75) is 12.8 Å². The molecule has 144 valence electrons. The third-order valence-corrected chi connectivity index (χ3v) is 4.95. The van der Waals surface area contributed by atoms with Crippen molar-refractivity contribution in [1.29, 1.82) is 0 Å². The summed E-state index contributed by atoms with van der Waals surface area (Å²) in [6.07, 6.45) is 2.34. The SMILES string of the molecule is COC(=O)CCc1ccc2ccccc2c1C(=O)Nc1cccc2cccnc12. The van der Waals surface area contributed by atoms with Gasteiger partial charge in [-0.15, -0.1) is 0 Å². The van der Waals surface area contributed by atoms with Crippen LogP contribution >= 0.6 is 0 Å². The number of para-hydroxylation sites is 1. The number of carbonyl (C=O) groups excluding carboxylic acids is 2. The molecule has 0 unspecified atom stereocenters. The van der Waals surface area contributed by atoms with Crippen molar-refractivity contribution in [1.82, 2.24) is 4.98 Å². The van der Waals surface area contributed by atoms with Crippen molar-refractivity contribution in [2.24, 2.45) is 0 Å². The number of hydrogen-bond acceptors (Lipinski definition) is 4. The quantitative estimate of drug-likeness (QED) is 0.505. The third-order valence-electron chi connectivity index (χ3n) is 4.95. The number of rotatable bonds is 5. The monoisotopic (exact) mass is 384 g/mol. The van der Waals surface area contributed by atoms with Crippen LogP contribution in [0.3, 0.4) is 0 Å². The molecule has 0 bridgehead atoms. The Bertz CT molecular complexity index is 1210. The number of carbonyl (C=O) groups is 2. The van der Waals surface area contributed by atoms with E-state index in [0.29, 0.717) is 17.7 Å². The lowest BCUT2D eigenvalue weighted by molar-refractivity contribution is -0.140. The molecule has 3 aromatic carbocycles. The first kappa shape index (κ1) is 18.6. The van der Waals surface area contributed by atoms with Crippen molar-refractivity contribution in [2.75, 3.05) is 12.4 Å². The number of aryl methyl sites for hydroxylation is 1. The van der Waals surface area contributed by atoms with Crippen LogP contribution in [0.4, 0.5) is 5.69 Å². The number of ether oxygens (including phenoxy) is 1. The molecule has 0 saturated carbocycles. The molecule has 0 radical (unpaired) electrons. The highest BCUT2D eigenvalue weighted by molar-refractivity contribution is 6.15. The molecule has 29 heavy (non-hydrogen) atoms. The molecule has 4 aromatic rings. The van der Waals surface area contributed by atoms with Crippen LogP contribution in [0.2, 0.25) is 0 Å². The minimum absolute atomic E-state index is 0.213. The normalized spacial score (nSPS) is 10.8. The van der Waals surface area contributed by atoms with E-state index in [-0.39, 0.29) is 18.3 Å². The van der Waals surface area contributed by atoms with Crippen LogP contribution in [0.5, 0.6) is 0 Å². The fourth-order valence-corrected chi connectivity index (χ4v) is 3.52. The van der Waals surface area contributed by atoms with E-state index in [1.54, 1.807) is 6.20 Å². The second-order valence-electron chi connectivity index (χ2n) is 6.73. The molecule has 1 N–H and O–H groups in total. The summed E-state index contributed by atoms with van der Waals surface area (Å²) in [4.78, 5) is 29.4. The van der Waals surface area contributed by atoms with Gasteiger partial charge in [0, 0.05) is 18.0 Å². The first-order valence-electron chi connectivity index (χ1n) is 9.40. The molecule has 4 rings (SSSR count). The number of esters is 1. The Morgan fingerprint density at radius 1 is 0.931 bits per heavy atom. The van der Waals surface area contributed by atoms with Crippen LogP contribution in [0, 0.1) is 0 Å². The van der Waals surface area contributed by atoms with E-state index in [2.05, 4.69) is 10.3 Å². The van der Waals surface area contributed by atoms with Crippen LogP contribution < -0.4 is 5.32 Å². The summed E-state index contributed by atoms with van der Waals surface area (Å²) >= 11 is 0. The molecular formula is C24H20N2O3. The number of benzene rings is 3. The Hall–Kier alpha value is -3.73. The first-order chi connectivity index (χ1) is 14.2. The number of methoxy groups -OCH3 is 1. The summed E-state index contributed by atoms with van der Waals surface area (Å²) < 4.78 is 4.76. The highest BCUT2D eigenvalue weighted by Crippen LogP contribution is 2.27. The van der Waals surface area contributed by atoms with Crippen LogP contribution in [0.1, 0.15) is 22.3 Å². The van der Waals surface area contributed by atoms with Crippen molar-refractivity contribution in [3.05, 3.63) is 84.1 Å². The Balaban J connectivity index is 1.76. The molecule has 5 nitrogen and oxygen atoms in total. The van der Waals surface area contributed by atoms with Gasteiger partial charge in [-0.3, -0.25) is 14.6 Å². The molecule has 0 aliphatic rings. The molecule has 1 aromatic heterocycles. The molecule has 0 saturated heterocycles. The Morgan fingerprint density at radius 2 is 1.72 bits per heavy atom. The summed E-state index contributed by atoms with van der Waals surface area (Å²) in [7, 11) is 1.36. The fourth-order valence-electron chi connectivity index (χ4n) is 3.52. The van der Waals surface area contributed by atoms with Gasteiger partial charge in [-0.05, 0) is 34.9 Å². The van der Waals surface area contributed by atoms with Gasteiger partial charge in [0.2, 0.25) is 0 Å². The maximum Gasteiger partial charge on any atom is 0.305 e. The first-order valence-corrected chi connectivity index (χ1v) is 9.40. The van der Waals surface area contributed by atoms with Crippen LogP contribution in [-0.4, -0.2) is 24.0 Å². The van der Waals surface area contributed by atoms with Gasteiger partial charge < -0.3 is 10.1 Å². The smallest absolute Gasteiger partial charge is 0.305 e. The van der Waals surface area contributed by atoms with Crippen LogP contribution in [0.25, 0.3) is 21.7 Å². The lowest BCUT2D eigenvalue weighted by Crippen LogP contribution is -2.16. The van der Waals surface area contributed by atoms with E-state index < -0.39 is 0 Å². The number of hydrogen-bond donors (Lipinski definition) is 1. The number of anilines is 1. The summed E-state index contributed by atoms with van der Waals surface area (Å²) in [5.74, 6) is -0.525. The molecule has 0 aliphatic carbocycles. The van der Waals surface area contributed by atoms with Gasteiger partial charge in [-0.1, -0.05) is 54.6 Å². The molecule has 1 heterocycles. The van der Waals surface area contributed by atoms with Crippen molar-refractivity contribution < 1.29 is 14.3 Å². The summed E-state index contributed by atoms with van der Waals surface area (Å²) in [5, 5.41) is 5.79. The molecular weight excluding hydrogens is 364 g/mol. The molecule has 0 spiro atoms. The zero-order valence-electron chi connectivity index (χ0n) is 16.0. The van der Waals surface area contributed by atoms with Crippen molar-refractivity contribution in [3.8, 4) is 0 Å². The highest BCUT2D eigenvalue weighted by Gasteiger charge is 2.17. The van der Waals surface area contributed by atoms with Gasteiger partial charge >= 0.3 is 5.97 Å². The van der Waals surface area contributed by atoms with E-state index in [1.165, 1.54) is 7.11 Å². The Labute approximate surface area is 168 Å². The van der Waals surface area contributed by atoms with Gasteiger partial charge in [0.1, 0.15) is 0 Å². The summed E-state index contributed by atoms with van der Waals surface area (Å²) in [6.45, 7) is 0. The minimum Gasteiger partial charge on any atom is -0.469 e. The number of aromatic nitrogens is 1. The number of amides is 1. The average molecular weight is 384 g/mol. The van der Waals surface area contributed by atoms with E-state index in [4.69, 9.17) is 4.74 Å². The average Bonchev–Trinajstić information content (AvgIpc) is 2.77. The van der Waals surface area contributed by atoms with Gasteiger partial charge in [0.15, 0.2) is 0 Å². The molecule has 0 atom stereocenters. The van der Waals surface area contributed by atoms with Gasteiger partial charge in [-0.2, -0.15) is 0 Å². The lowest BCUT2D eigenvalue weighted by atomic mass is 9.95. The predicted octanol–water partition coefficient (Wildman–Crippen LogP) is 4.75. The fraction of sp³-hybridized carbons (Fsp3) is 0.125. The lowest BCUT2D eigenvalue weighted by Gasteiger charge is -2.14. The highest BCUT2D eigenvalue weighted by atomic mass is 16.5. The summed E-state index contributed by atoms with van der Waals surface area (Å²) in [6, 6.07) is 21.1. The summed E-state index contributed by atoms with van der Waals surface area (Å²) in [5.41, 5.74) is 2.76. The number of fused-ring (bicyclic) bond motifs is 2. The van der Waals surface area contributed by atoms with E-state index in [0.717, 1.165) is 27.2 Å². The largest absolute Gasteiger partial charge is 0.469 e. The second-order valence-corrected chi connectivity index (χ2v) is 6.73. The van der Waals surface area contributed by atoms with E-state index in [9.17, 15) is 9.59 Å². The van der Waals surface area contributed by atoms with E-state index >= 15 is 0 Å². The van der Waals surface area contributed by atoms with Crippen molar-refractivity contribution in [3.63, 3.8) is 0 Å². The topological polar surface area (TPSA) is 68.3 Å². The number of nitrogens with zero attached hydrogens (tertiary/aromatic N) is 1. The Kier molecular flexibility index (Phi) is 5.20. The number of pyridine rings is 1. The second kappa shape index (κ2) is 8.10. The molecule has 0 aliphatic heterocycles. The molecule has 5 heteroatoms. The third kappa shape index (κ3) is 3.80. The maximum absolute atomic E-state index is 13.4.